The van der Waals surface area contributed by atoms with Gasteiger partial charge in [-0.3, -0.25) is 0 Å². The second-order valence-electron chi connectivity index (χ2n) is 8.16. The molecule has 0 saturated heterocycles. The number of rotatable bonds is 9. The van der Waals surface area contributed by atoms with Gasteiger partial charge in [-0.2, -0.15) is 0 Å². The molecule has 162 valence electrons. The molecule has 0 aliphatic heterocycles. The van der Waals surface area contributed by atoms with Gasteiger partial charge in [-0.1, -0.05) is 38.0 Å². The first kappa shape index (κ1) is 21.4. The largest absolute Gasteiger partial charge is 0.494 e. The van der Waals surface area contributed by atoms with Crippen LogP contribution in [-0.4, -0.2) is 23.2 Å². The fraction of sp³-hybridized carbons (Fsp3) is 0.407. The average Bonchev–Trinajstić information content (AvgIpc) is 2.82. The number of ether oxygens (including phenoxy) is 2. The van der Waals surface area contributed by atoms with E-state index in [1.54, 1.807) is 0 Å². The third-order valence-electron chi connectivity index (χ3n) is 5.94. The van der Waals surface area contributed by atoms with Gasteiger partial charge in [0.1, 0.15) is 11.5 Å². The number of fused-ring (bicyclic) bond motifs is 1. The summed E-state index contributed by atoms with van der Waals surface area (Å²) in [5.74, 6) is 3.17. The maximum atomic E-state index is 5.86. The zero-order chi connectivity index (χ0) is 21.5. The Hall–Kier alpha value is -2.88. The Morgan fingerprint density at radius 3 is 2.61 bits per heavy atom. The molecule has 1 aliphatic rings. The van der Waals surface area contributed by atoms with Crippen molar-refractivity contribution in [3.63, 3.8) is 0 Å². The summed E-state index contributed by atoms with van der Waals surface area (Å²) in [6, 6.07) is 16.6. The van der Waals surface area contributed by atoms with Crippen LogP contribution in [0.5, 0.6) is 11.5 Å². The highest BCUT2D eigenvalue weighted by atomic mass is 16.5. The molecule has 1 aromatic heterocycles. The lowest BCUT2D eigenvalue weighted by atomic mass is 9.82. The lowest BCUT2D eigenvalue weighted by Gasteiger charge is -2.26. The van der Waals surface area contributed by atoms with Crippen molar-refractivity contribution >= 4 is 0 Å². The topological polar surface area (TPSA) is 44.2 Å². The zero-order valence-electron chi connectivity index (χ0n) is 18.6. The molecule has 0 spiro atoms. The molecule has 0 saturated carbocycles. The number of nitrogens with zero attached hydrogens (tertiary/aromatic N) is 2. The van der Waals surface area contributed by atoms with Crippen LogP contribution in [-0.2, 0) is 12.8 Å². The smallest absolute Gasteiger partial charge is 0.159 e. The second-order valence-corrected chi connectivity index (χ2v) is 8.16. The van der Waals surface area contributed by atoms with Crippen LogP contribution in [0.4, 0.5) is 0 Å². The number of hydrogen-bond donors (Lipinski definition) is 0. The molecule has 0 bridgehead atoms. The molecule has 4 nitrogen and oxygen atoms in total. The third-order valence-corrected chi connectivity index (χ3v) is 5.94. The van der Waals surface area contributed by atoms with Gasteiger partial charge in [-0.05, 0) is 80.0 Å². The molecule has 1 unspecified atom stereocenters. The summed E-state index contributed by atoms with van der Waals surface area (Å²) in [4.78, 5) is 9.59. The average molecular weight is 417 g/mol. The SMILES string of the molecule is CCCCCOc1ccc(-c2ncc3c(n2)CCC(c2ccccc2OCC)C3)cc1. The molecular formula is C27H32N2O2. The van der Waals surface area contributed by atoms with Gasteiger partial charge in [-0.15, -0.1) is 0 Å². The molecule has 0 radical (unpaired) electrons. The summed E-state index contributed by atoms with van der Waals surface area (Å²) in [6.07, 6.45) is 8.54. The Balaban J connectivity index is 1.45. The van der Waals surface area contributed by atoms with Gasteiger partial charge in [0.15, 0.2) is 5.82 Å². The van der Waals surface area contributed by atoms with Crippen LogP contribution in [0.1, 0.15) is 62.3 Å². The molecule has 0 fully saturated rings. The molecule has 1 atom stereocenters. The van der Waals surface area contributed by atoms with Gasteiger partial charge in [0.25, 0.3) is 0 Å². The summed E-state index contributed by atoms with van der Waals surface area (Å²) in [5.41, 5.74) is 4.76. The van der Waals surface area contributed by atoms with E-state index >= 15 is 0 Å². The number of unbranched alkanes of at least 4 members (excludes halogenated alkanes) is 2. The van der Waals surface area contributed by atoms with Gasteiger partial charge in [0, 0.05) is 17.5 Å². The van der Waals surface area contributed by atoms with Crippen LogP contribution in [0.3, 0.4) is 0 Å². The van der Waals surface area contributed by atoms with E-state index in [-0.39, 0.29) is 0 Å². The Labute approximate surface area is 185 Å². The van der Waals surface area contributed by atoms with E-state index in [0.29, 0.717) is 12.5 Å². The zero-order valence-corrected chi connectivity index (χ0v) is 18.6. The highest BCUT2D eigenvalue weighted by molar-refractivity contribution is 5.56. The van der Waals surface area contributed by atoms with Gasteiger partial charge in [-0.25, -0.2) is 9.97 Å². The summed E-state index contributed by atoms with van der Waals surface area (Å²) < 4.78 is 11.7. The van der Waals surface area contributed by atoms with E-state index in [1.165, 1.54) is 29.7 Å². The monoisotopic (exact) mass is 416 g/mol. The van der Waals surface area contributed by atoms with Gasteiger partial charge >= 0.3 is 0 Å². The van der Waals surface area contributed by atoms with Crippen molar-refractivity contribution in [2.45, 2.75) is 58.3 Å². The van der Waals surface area contributed by atoms with Crippen molar-refractivity contribution in [3.05, 3.63) is 71.5 Å². The van der Waals surface area contributed by atoms with Crippen LogP contribution < -0.4 is 9.47 Å². The lowest BCUT2D eigenvalue weighted by molar-refractivity contribution is 0.306. The molecule has 4 rings (SSSR count). The van der Waals surface area contributed by atoms with Crippen molar-refractivity contribution < 1.29 is 9.47 Å². The first-order valence-corrected chi connectivity index (χ1v) is 11.6. The highest BCUT2D eigenvalue weighted by Gasteiger charge is 2.24. The van der Waals surface area contributed by atoms with E-state index < -0.39 is 0 Å². The predicted octanol–water partition coefficient (Wildman–Crippen LogP) is 6.38. The van der Waals surface area contributed by atoms with E-state index in [4.69, 9.17) is 14.5 Å². The van der Waals surface area contributed by atoms with Crippen molar-refractivity contribution in [3.8, 4) is 22.9 Å². The maximum absolute atomic E-state index is 5.86. The van der Waals surface area contributed by atoms with E-state index in [1.807, 2.05) is 31.3 Å². The molecule has 0 N–H and O–H groups in total. The van der Waals surface area contributed by atoms with Crippen LogP contribution in [0.25, 0.3) is 11.4 Å². The molecule has 4 heteroatoms. The standard InChI is InChI=1S/C27H32N2O2/c1-3-5-8-17-31-23-14-11-20(12-15-23)27-28-19-22-18-21(13-16-25(22)29-27)24-9-6-7-10-26(24)30-4-2/h6-7,9-12,14-15,19,21H,3-5,8,13,16-18H2,1-2H3. The van der Waals surface area contributed by atoms with Crippen LogP contribution in [0.2, 0.25) is 0 Å². The number of aryl methyl sites for hydroxylation is 1. The summed E-state index contributed by atoms with van der Waals surface area (Å²) in [7, 11) is 0. The molecule has 1 aliphatic carbocycles. The minimum absolute atomic E-state index is 0.453. The molecule has 31 heavy (non-hydrogen) atoms. The Morgan fingerprint density at radius 2 is 1.81 bits per heavy atom. The van der Waals surface area contributed by atoms with Gasteiger partial charge in [0.05, 0.1) is 13.2 Å². The first-order chi connectivity index (χ1) is 15.3. The normalized spacial score (nSPS) is 15.4. The molecule has 1 heterocycles. The summed E-state index contributed by atoms with van der Waals surface area (Å²) >= 11 is 0. The van der Waals surface area contributed by atoms with Crippen molar-refractivity contribution in [1.82, 2.24) is 9.97 Å². The molecule has 2 aromatic carbocycles. The van der Waals surface area contributed by atoms with Crippen LogP contribution in [0.15, 0.2) is 54.7 Å². The van der Waals surface area contributed by atoms with Gasteiger partial charge < -0.3 is 9.47 Å². The Bertz CT molecular complexity index is 985. The molecular weight excluding hydrogens is 384 g/mol. The number of aromatic nitrogens is 2. The van der Waals surface area contributed by atoms with Crippen LogP contribution >= 0.6 is 0 Å². The Kier molecular flexibility index (Phi) is 7.18. The molecule has 0 amide bonds. The van der Waals surface area contributed by atoms with Crippen LogP contribution in [0, 0.1) is 0 Å². The minimum atomic E-state index is 0.453. The fourth-order valence-electron chi connectivity index (χ4n) is 4.26. The van der Waals surface area contributed by atoms with Crippen molar-refractivity contribution in [2.75, 3.05) is 13.2 Å². The van der Waals surface area contributed by atoms with Crippen molar-refractivity contribution in [2.24, 2.45) is 0 Å². The quantitative estimate of drug-likeness (QED) is 0.379. The first-order valence-electron chi connectivity index (χ1n) is 11.6. The van der Waals surface area contributed by atoms with E-state index in [0.717, 1.165) is 55.2 Å². The Morgan fingerprint density at radius 1 is 0.968 bits per heavy atom. The summed E-state index contributed by atoms with van der Waals surface area (Å²) in [6.45, 7) is 5.70. The number of hydrogen-bond acceptors (Lipinski definition) is 4. The third kappa shape index (κ3) is 5.25. The predicted molar refractivity (Wildman–Crippen MR) is 125 cm³/mol. The van der Waals surface area contributed by atoms with Crippen molar-refractivity contribution in [1.29, 1.82) is 0 Å². The minimum Gasteiger partial charge on any atom is -0.494 e. The number of benzene rings is 2. The lowest BCUT2D eigenvalue weighted by Crippen LogP contribution is -2.16. The molecule has 3 aromatic rings. The van der Waals surface area contributed by atoms with Gasteiger partial charge in [0.2, 0.25) is 0 Å². The second kappa shape index (κ2) is 10.4. The fourth-order valence-corrected chi connectivity index (χ4v) is 4.26. The highest BCUT2D eigenvalue weighted by Crippen LogP contribution is 2.36. The van der Waals surface area contributed by atoms with E-state index in [2.05, 4.69) is 42.2 Å². The maximum Gasteiger partial charge on any atom is 0.159 e. The summed E-state index contributed by atoms with van der Waals surface area (Å²) in [5, 5.41) is 0. The number of para-hydroxylation sites is 1. The van der Waals surface area contributed by atoms with E-state index in [9.17, 15) is 0 Å².